The van der Waals surface area contributed by atoms with Crippen molar-refractivity contribution in [2.75, 3.05) is 5.32 Å². The number of carbonyl (C=O) groups excluding carboxylic acids is 1. The van der Waals surface area contributed by atoms with Crippen molar-refractivity contribution in [3.8, 4) is 0 Å². The second kappa shape index (κ2) is 8.26. The fourth-order valence-electron chi connectivity index (χ4n) is 3.29. The van der Waals surface area contributed by atoms with Crippen LogP contribution in [0.2, 0.25) is 0 Å². The minimum absolute atomic E-state index is 0.0647. The number of sulfone groups is 1. The molecule has 1 aliphatic rings. The molecule has 0 aliphatic heterocycles. The first-order chi connectivity index (χ1) is 12.4. The molecule has 0 atom stereocenters. The van der Waals surface area contributed by atoms with Crippen molar-refractivity contribution >= 4 is 32.2 Å². The zero-order valence-corrected chi connectivity index (χ0v) is 16.4. The van der Waals surface area contributed by atoms with Crippen molar-refractivity contribution < 1.29 is 13.2 Å². The van der Waals surface area contributed by atoms with Crippen LogP contribution < -0.4 is 5.32 Å². The Hall–Kier alpha value is -1.80. The highest BCUT2D eigenvalue weighted by Crippen LogP contribution is 2.29. The van der Waals surface area contributed by atoms with Crippen molar-refractivity contribution in [3.05, 3.63) is 35.4 Å². The average molecular weight is 394 g/mol. The first kappa shape index (κ1) is 19.0. The summed E-state index contributed by atoms with van der Waals surface area (Å²) in [4.78, 5) is 12.0. The Balaban J connectivity index is 1.58. The average Bonchev–Trinajstić information content (AvgIpc) is 3.24. The zero-order valence-electron chi connectivity index (χ0n) is 14.8. The molecule has 1 aromatic carbocycles. The summed E-state index contributed by atoms with van der Waals surface area (Å²) in [5, 5.41) is 10.5. The second-order valence-corrected chi connectivity index (χ2v) is 10.00. The van der Waals surface area contributed by atoms with Gasteiger partial charge < -0.3 is 5.32 Å². The van der Waals surface area contributed by atoms with E-state index in [9.17, 15) is 13.2 Å². The van der Waals surface area contributed by atoms with E-state index in [2.05, 4.69) is 15.5 Å². The standard InChI is InChI=1S/C18H23N3O3S2/c1-13-5-4-8-15(11-13)12-26(23,24)18-21-20-17(25-18)19-16(22)10-9-14-6-2-3-7-14/h4-5,8,11,14H,2-3,6-7,9-10,12H2,1H3,(H,19,20,22). The van der Waals surface area contributed by atoms with Gasteiger partial charge >= 0.3 is 0 Å². The van der Waals surface area contributed by atoms with E-state index in [1.807, 2.05) is 25.1 Å². The molecule has 8 heteroatoms. The van der Waals surface area contributed by atoms with E-state index in [0.717, 1.165) is 23.3 Å². The van der Waals surface area contributed by atoms with Gasteiger partial charge in [0.25, 0.3) is 0 Å². The minimum Gasteiger partial charge on any atom is -0.301 e. The van der Waals surface area contributed by atoms with Crippen LogP contribution in [-0.4, -0.2) is 24.5 Å². The molecule has 1 aromatic heterocycles. The summed E-state index contributed by atoms with van der Waals surface area (Å²) in [6.07, 6.45) is 6.23. The fourth-order valence-corrected chi connectivity index (χ4v) is 5.61. The third-order valence-electron chi connectivity index (χ3n) is 4.61. The van der Waals surface area contributed by atoms with Crippen LogP contribution >= 0.6 is 11.3 Å². The topological polar surface area (TPSA) is 89.0 Å². The van der Waals surface area contributed by atoms with Gasteiger partial charge in [-0.25, -0.2) is 8.42 Å². The molecule has 1 fully saturated rings. The number of amides is 1. The summed E-state index contributed by atoms with van der Waals surface area (Å²) in [5.41, 5.74) is 1.72. The molecular formula is C18H23N3O3S2. The highest BCUT2D eigenvalue weighted by Gasteiger charge is 2.22. The number of aryl methyl sites for hydroxylation is 1. The maximum Gasteiger partial charge on any atom is 0.234 e. The van der Waals surface area contributed by atoms with Crippen LogP contribution in [0.25, 0.3) is 0 Å². The fraction of sp³-hybridized carbons (Fsp3) is 0.500. The Morgan fingerprint density at radius 1 is 1.27 bits per heavy atom. The van der Waals surface area contributed by atoms with Crippen LogP contribution in [-0.2, 0) is 20.4 Å². The third-order valence-corrected chi connectivity index (χ3v) is 7.58. The highest BCUT2D eigenvalue weighted by molar-refractivity contribution is 7.92. The predicted octanol–water partition coefficient (Wildman–Crippen LogP) is 3.73. The molecule has 6 nitrogen and oxygen atoms in total. The van der Waals surface area contributed by atoms with Crippen LogP contribution in [0.3, 0.4) is 0 Å². The molecule has 0 bridgehead atoms. The molecule has 2 aromatic rings. The summed E-state index contributed by atoms with van der Waals surface area (Å²) in [7, 11) is -3.58. The molecule has 0 saturated heterocycles. The van der Waals surface area contributed by atoms with Gasteiger partial charge in [0.2, 0.25) is 25.2 Å². The van der Waals surface area contributed by atoms with Gasteiger partial charge in [-0.2, -0.15) is 0 Å². The van der Waals surface area contributed by atoms with Gasteiger partial charge in [-0.15, -0.1) is 10.2 Å². The van der Waals surface area contributed by atoms with Crippen molar-refractivity contribution in [2.24, 2.45) is 5.92 Å². The number of hydrogen-bond acceptors (Lipinski definition) is 6. The molecule has 3 rings (SSSR count). The molecule has 0 unspecified atom stereocenters. The lowest BCUT2D eigenvalue weighted by molar-refractivity contribution is -0.116. The van der Waals surface area contributed by atoms with Crippen LogP contribution in [0.1, 0.15) is 49.7 Å². The first-order valence-electron chi connectivity index (χ1n) is 8.84. The third kappa shape index (κ3) is 5.11. The molecule has 1 N–H and O–H groups in total. The Morgan fingerprint density at radius 3 is 2.77 bits per heavy atom. The molecule has 0 spiro atoms. The number of rotatable bonds is 7. The number of anilines is 1. The van der Waals surface area contributed by atoms with Crippen molar-refractivity contribution in [2.45, 2.75) is 55.5 Å². The summed E-state index contributed by atoms with van der Waals surface area (Å²) in [6, 6.07) is 7.36. The minimum atomic E-state index is -3.58. The Morgan fingerprint density at radius 2 is 2.04 bits per heavy atom. The summed E-state index contributed by atoms with van der Waals surface area (Å²) in [6.45, 7) is 1.92. The van der Waals surface area contributed by atoms with E-state index in [-0.39, 0.29) is 21.1 Å². The summed E-state index contributed by atoms with van der Waals surface area (Å²) >= 11 is 0.908. The van der Waals surface area contributed by atoms with Crippen LogP contribution in [0, 0.1) is 12.8 Å². The Labute approximate surface area is 158 Å². The lowest BCUT2D eigenvalue weighted by atomic mass is 10.0. The van der Waals surface area contributed by atoms with Gasteiger partial charge in [0, 0.05) is 6.42 Å². The number of nitrogens with zero attached hydrogens (tertiary/aromatic N) is 2. The van der Waals surface area contributed by atoms with Gasteiger partial charge in [0.05, 0.1) is 5.75 Å². The molecule has 1 heterocycles. The molecule has 0 radical (unpaired) electrons. The van der Waals surface area contributed by atoms with E-state index in [1.165, 1.54) is 25.7 Å². The van der Waals surface area contributed by atoms with E-state index < -0.39 is 9.84 Å². The van der Waals surface area contributed by atoms with E-state index in [1.54, 1.807) is 6.07 Å². The number of carbonyl (C=O) groups is 1. The van der Waals surface area contributed by atoms with Crippen molar-refractivity contribution in [3.63, 3.8) is 0 Å². The second-order valence-electron chi connectivity index (χ2n) is 6.86. The van der Waals surface area contributed by atoms with Gasteiger partial charge in [-0.3, -0.25) is 4.79 Å². The maximum atomic E-state index is 12.5. The number of hydrogen-bond donors (Lipinski definition) is 1. The quantitative estimate of drug-likeness (QED) is 0.724. The van der Waals surface area contributed by atoms with Crippen molar-refractivity contribution in [1.29, 1.82) is 0 Å². The monoisotopic (exact) mass is 393 g/mol. The van der Waals surface area contributed by atoms with E-state index in [4.69, 9.17) is 0 Å². The predicted molar refractivity (Wildman–Crippen MR) is 102 cm³/mol. The molecule has 1 amide bonds. The van der Waals surface area contributed by atoms with Crippen molar-refractivity contribution in [1.82, 2.24) is 10.2 Å². The van der Waals surface area contributed by atoms with Gasteiger partial charge in [0.1, 0.15) is 0 Å². The van der Waals surface area contributed by atoms with Crippen LogP contribution in [0.15, 0.2) is 28.6 Å². The van der Waals surface area contributed by atoms with Gasteiger partial charge in [0.15, 0.2) is 0 Å². The van der Waals surface area contributed by atoms with E-state index >= 15 is 0 Å². The van der Waals surface area contributed by atoms with Gasteiger partial charge in [-0.05, 0) is 24.8 Å². The normalized spacial score (nSPS) is 15.3. The smallest absolute Gasteiger partial charge is 0.234 e. The number of aromatic nitrogens is 2. The highest BCUT2D eigenvalue weighted by atomic mass is 32.2. The van der Waals surface area contributed by atoms with E-state index in [0.29, 0.717) is 17.9 Å². The lowest BCUT2D eigenvalue weighted by Crippen LogP contribution is -2.12. The largest absolute Gasteiger partial charge is 0.301 e. The lowest BCUT2D eigenvalue weighted by Gasteiger charge is -2.07. The zero-order chi connectivity index (χ0) is 18.6. The molecule has 1 saturated carbocycles. The summed E-state index contributed by atoms with van der Waals surface area (Å²) < 4.78 is 24.9. The molecule has 140 valence electrons. The summed E-state index contributed by atoms with van der Waals surface area (Å²) in [5.74, 6) is 0.384. The first-order valence-corrected chi connectivity index (χ1v) is 11.3. The van der Waals surface area contributed by atoms with Crippen LogP contribution in [0.4, 0.5) is 5.13 Å². The SMILES string of the molecule is Cc1cccc(CS(=O)(=O)c2nnc(NC(=O)CCC3CCCC3)s2)c1. The Kier molecular flexibility index (Phi) is 6.03. The number of nitrogens with one attached hydrogen (secondary N) is 1. The number of benzene rings is 1. The molecular weight excluding hydrogens is 370 g/mol. The molecule has 26 heavy (non-hydrogen) atoms. The Bertz CT molecular complexity index is 871. The maximum absolute atomic E-state index is 12.5. The van der Waals surface area contributed by atoms with Gasteiger partial charge in [-0.1, -0.05) is 66.8 Å². The van der Waals surface area contributed by atoms with Crippen LogP contribution in [0.5, 0.6) is 0 Å². The molecule has 1 aliphatic carbocycles.